The third-order valence-electron chi connectivity index (χ3n) is 2.82. The van der Waals surface area contributed by atoms with Gasteiger partial charge in [0.1, 0.15) is 16.9 Å². The smallest absolute Gasteiger partial charge is 0.351 e. The Morgan fingerprint density at radius 2 is 2.25 bits per heavy atom. The molecule has 0 amide bonds. The number of fused-ring (bicyclic) bond motifs is 1. The SMILES string of the molecule is C=CCc1c(O)ccc2cc(C(=O)OCC)c(=O)oc12. The zero-order valence-electron chi connectivity index (χ0n) is 11.0. The van der Waals surface area contributed by atoms with E-state index in [-0.39, 0.29) is 23.5 Å². The minimum Gasteiger partial charge on any atom is -0.508 e. The number of rotatable bonds is 4. The predicted molar refractivity (Wildman–Crippen MR) is 74.0 cm³/mol. The second-order valence-electron chi connectivity index (χ2n) is 4.14. The molecule has 0 atom stereocenters. The lowest BCUT2D eigenvalue weighted by atomic mass is 10.1. The molecule has 1 heterocycles. The molecular weight excluding hydrogens is 260 g/mol. The van der Waals surface area contributed by atoms with E-state index in [1.165, 1.54) is 12.1 Å². The summed E-state index contributed by atoms with van der Waals surface area (Å²) in [5.74, 6) is -0.703. The first-order valence-corrected chi connectivity index (χ1v) is 6.15. The van der Waals surface area contributed by atoms with Gasteiger partial charge < -0.3 is 14.3 Å². The van der Waals surface area contributed by atoms with E-state index in [4.69, 9.17) is 9.15 Å². The van der Waals surface area contributed by atoms with Gasteiger partial charge in [-0.3, -0.25) is 0 Å². The van der Waals surface area contributed by atoms with E-state index < -0.39 is 11.6 Å². The maximum Gasteiger partial charge on any atom is 0.351 e. The summed E-state index contributed by atoms with van der Waals surface area (Å²) in [6.07, 6.45) is 1.94. The Kier molecular flexibility index (Phi) is 3.89. The molecule has 104 valence electrons. The molecule has 0 radical (unpaired) electrons. The van der Waals surface area contributed by atoms with Gasteiger partial charge in [0.25, 0.3) is 0 Å². The normalized spacial score (nSPS) is 10.4. The van der Waals surface area contributed by atoms with Crippen molar-refractivity contribution >= 4 is 16.9 Å². The largest absolute Gasteiger partial charge is 0.508 e. The lowest BCUT2D eigenvalue weighted by Gasteiger charge is -2.07. The summed E-state index contributed by atoms with van der Waals surface area (Å²) < 4.78 is 9.96. The van der Waals surface area contributed by atoms with E-state index in [1.54, 1.807) is 19.1 Å². The molecule has 0 bridgehead atoms. The summed E-state index contributed by atoms with van der Waals surface area (Å²) in [5.41, 5.74) is -0.227. The van der Waals surface area contributed by atoms with E-state index in [2.05, 4.69) is 6.58 Å². The number of carbonyl (C=O) groups is 1. The number of esters is 1. The number of ether oxygens (including phenoxy) is 1. The molecule has 0 aliphatic heterocycles. The standard InChI is InChI=1S/C15H14O5/c1-3-5-10-12(16)7-6-9-8-11(14(17)19-4-2)15(18)20-13(9)10/h3,6-8,16H,1,4-5H2,2H3. The molecule has 1 aromatic carbocycles. The molecule has 0 aliphatic carbocycles. The lowest BCUT2D eigenvalue weighted by Crippen LogP contribution is -2.16. The highest BCUT2D eigenvalue weighted by molar-refractivity contribution is 5.93. The molecule has 0 aliphatic rings. The van der Waals surface area contributed by atoms with E-state index >= 15 is 0 Å². The number of carbonyl (C=O) groups excluding carboxylic acids is 1. The van der Waals surface area contributed by atoms with Gasteiger partial charge >= 0.3 is 11.6 Å². The van der Waals surface area contributed by atoms with Crippen LogP contribution >= 0.6 is 0 Å². The van der Waals surface area contributed by atoms with Crippen molar-refractivity contribution in [2.75, 3.05) is 6.61 Å². The number of allylic oxidation sites excluding steroid dienone is 1. The maximum atomic E-state index is 11.8. The van der Waals surface area contributed by atoms with Crippen molar-refractivity contribution in [1.82, 2.24) is 0 Å². The van der Waals surface area contributed by atoms with Crippen LogP contribution in [0.3, 0.4) is 0 Å². The first-order chi connectivity index (χ1) is 9.58. The van der Waals surface area contributed by atoms with E-state index in [0.29, 0.717) is 17.4 Å². The highest BCUT2D eigenvalue weighted by Crippen LogP contribution is 2.27. The van der Waals surface area contributed by atoms with Gasteiger partial charge in [0, 0.05) is 10.9 Å². The predicted octanol–water partition coefficient (Wildman–Crippen LogP) is 2.40. The Bertz CT molecular complexity index is 727. The molecule has 0 unspecified atom stereocenters. The number of hydrogen-bond donors (Lipinski definition) is 1. The first kappa shape index (κ1) is 13.9. The molecule has 2 rings (SSSR count). The van der Waals surface area contributed by atoms with Crippen LogP contribution in [0.1, 0.15) is 22.8 Å². The van der Waals surface area contributed by atoms with Crippen LogP contribution in [-0.2, 0) is 11.2 Å². The van der Waals surface area contributed by atoms with Gasteiger partial charge in [-0.25, -0.2) is 9.59 Å². The molecule has 0 saturated carbocycles. The van der Waals surface area contributed by atoms with Crippen molar-refractivity contribution in [3.8, 4) is 5.75 Å². The average molecular weight is 274 g/mol. The minimum atomic E-state index is -0.785. The summed E-state index contributed by atoms with van der Waals surface area (Å²) in [5, 5.41) is 10.3. The van der Waals surface area contributed by atoms with Gasteiger partial charge in [0.15, 0.2) is 0 Å². The molecule has 0 fully saturated rings. The van der Waals surface area contributed by atoms with Crippen LogP contribution in [0.4, 0.5) is 0 Å². The molecule has 0 spiro atoms. The van der Waals surface area contributed by atoms with Crippen LogP contribution in [0, 0.1) is 0 Å². The van der Waals surface area contributed by atoms with E-state index in [9.17, 15) is 14.7 Å². The van der Waals surface area contributed by atoms with Crippen LogP contribution in [0.25, 0.3) is 11.0 Å². The Labute approximate surface area is 115 Å². The number of aromatic hydroxyl groups is 1. The second kappa shape index (κ2) is 5.61. The third kappa shape index (κ3) is 2.42. The van der Waals surface area contributed by atoms with Gasteiger partial charge in [-0.15, -0.1) is 6.58 Å². The highest BCUT2D eigenvalue weighted by atomic mass is 16.5. The molecular formula is C15H14O5. The zero-order valence-corrected chi connectivity index (χ0v) is 11.0. The highest BCUT2D eigenvalue weighted by Gasteiger charge is 2.17. The van der Waals surface area contributed by atoms with Gasteiger partial charge in [-0.1, -0.05) is 6.08 Å². The summed E-state index contributed by atoms with van der Waals surface area (Å²) in [4.78, 5) is 23.5. The number of hydrogen-bond acceptors (Lipinski definition) is 5. The van der Waals surface area contributed by atoms with Crippen molar-refractivity contribution in [3.05, 3.63) is 52.4 Å². The van der Waals surface area contributed by atoms with Crippen LogP contribution < -0.4 is 5.63 Å². The third-order valence-corrected chi connectivity index (χ3v) is 2.82. The van der Waals surface area contributed by atoms with Crippen molar-refractivity contribution < 1.29 is 19.1 Å². The Morgan fingerprint density at radius 3 is 2.90 bits per heavy atom. The van der Waals surface area contributed by atoms with Crippen molar-refractivity contribution in [2.24, 2.45) is 0 Å². The Balaban J connectivity index is 2.67. The van der Waals surface area contributed by atoms with Crippen molar-refractivity contribution in [2.45, 2.75) is 13.3 Å². The average Bonchev–Trinajstić information content (AvgIpc) is 2.42. The first-order valence-electron chi connectivity index (χ1n) is 6.15. The zero-order chi connectivity index (χ0) is 14.7. The van der Waals surface area contributed by atoms with Crippen molar-refractivity contribution in [3.63, 3.8) is 0 Å². The number of phenolic OH excluding ortho intramolecular Hbond substituents is 1. The van der Waals surface area contributed by atoms with Gasteiger partial charge in [-0.2, -0.15) is 0 Å². The lowest BCUT2D eigenvalue weighted by molar-refractivity contribution is 0.0522. The summed E-state index contributed by atoms with van der Waals surface area (Å²) in [6, 6.07) is 4.46. The quantitative estimate of drug-likeness (QED) is 0.526. The fourth-order valence-electron chi connectivity index (χ4n) is 1.92. The molecule has 5 nitrogen and oxygen atoms in total. The maximum absolute atomic E-state index is 11.8. The van der Waals surface area contributed by atoms with Crippen molar-refractivity contribution in [1.29, 1.82) is 0 Å². The summed E-state index contributed by atoms with van der Waals surface area (Å²) in [7, 11) is 0. The van der Waals surface area contributed by atoms with E-state index in [1.807, 2.05) is 0 Å². The topological polar surface area (TPSA) is 76.7 Å². The monoisotopic (exact) mass is 274 g/mol. The van der Waals surface area contributed by atoms with E-state index in [0.717, 1.165) is 0 Å². The molecule has 20 heavy (non-hydrogen) atoms. The molecule has 1 N–H and O–H groups in total. The van der Waals surface area contributed by atoms with Gasteiger partial charge in [0.05, 0.1) is 6.61 Å². The Hall–Kier alpha value is -2.56. The minimum absolute atomic E-state index is 0.0180. The molecule has 5 heteroatoms. The van der Waals surface area contributed by atoms with Crippen LogP contribution in [0.2, 0.25) is 0 Å². The molecule has 0 saturated heterocycles. The van der Waals surface area contributed by atoms with Crippen LogP contribution in [0.15, 0.2) is 40.1 Å². The second-order valence-corrected chi connectivity index (χ2v) is 4.14. The fraction of sp³-hybridized carbons (Fsp3) is 0.200. The number of phenols is 1. The molecule has 1 aromatic heterocycles. The number of benzene rings is 1. The fourth-order valence-corrected chi connectivity index (χ4v) is 1.92. The van der Waals surface area contributed by atoms with Crippen LogP contribution in [0.5, 0.6) is 5.75 Å². The van der Waals surface area contributed by atoms with Gasteiger partial charge in [0.2, 0.25) is 0 Å². The summed E-state index contributed by atoms with van der Waals surface area (Å²) in [6.45, 7) is 5.42. The van der Waals surface area contributed by atoms with Gasteiger partial charge in [-0.05, 0) is 31.5 Å². The van der Waals surface area contributed by atoms with Crippen LogP contribution in [-0.4, -0.2) is 17.7 Å². The molecule has 2 aromatic rings. The summed E-state index contributed by atoms with van der Waals surface area (Å²) >= 11 is 0. The Morgan fingerprint density at radius 1 is 1.50 bits per heavy atom.